The number of fused-ring (bicyclic) bond motifs is 3. The molecule has 1 aliphatic heterocycles. The highest BCUT2D eigenvalue weighted by molar-refractivity contribution is 7.98. The molecule has 0 radical (unpaired) electrons. The Morgan fingerprint density at radius 1 is 1.24 bits per heavy atom. The van der Waals surface area contributed by atoms with Gasteiger partial charge in [-0.15, -0.1) is 0 Å². The van der Waals surface area contributed by atoms with Crippen molar-refractivity contribution in [3.8, 4) is 17.0 Å². The Labute approximate surface area is 172 Å². The van der Waals surface area contributed by atoms with Gasteiger partial charge in [-0.2, -0.15) is 0 Å². The van der Waals surface area contributed by atoms with Gasteiger partial charge in [0.15, 0.2) is 0 Å². The summed E-state index contributed by atoms with van der Waals surface area (Å²) in [7, 11) is 1.61. The van der Waals surface area contributed by atoms with Crippen molar-refractivity contribution in [2.75, 3.05) is 18.3 Å². The first-order valence-electron chi connectivity index (χ1n) is 9.24. The van der Waals surface area contributed by atoms with Crippen LogP contribution in [0.4, 0.5) is 5.69 Å². The van der Waals surface area contributed by atoms with E-state index in [-0.39, 0.29) is 11.5 Å². The Morgan fingerprint density at radius 3 is 2.62 bits per heavy atom. The molecule has 1 aliphatic rings. The first-order chi connectivity index (χ1) is 14.1. The monoisotopic (exact) mass is 409 g/mol. The van der Waals surface area contributed by atoms with E-state index >= 15 is 0 Å². The molecule has 0 saturated heterocycles. The summed E-state index contributed by atoms with van der Waals surface area (Å²) in [6.07, 6.45) is 1.60. The lowest BCUT2D eigenvalue weighted by Gasteiger charge is -2.32. The molecule has 0 saturated carbocycles. The average molecular weight is 409 g/mol. The fraction of sp³-hybridized carbons (Fsp3) is 0.238. The highest BCUT2D eigenvalue weighted by Gasteiger charge is 2.45. The number of carbonyl (C=O) groups is 1. The number of carbonyl (C=O) groups excluding carboxylic acids is 1. The zero-order valence-electron chi connectivity index (χ0n) is 16.4. The number of aromatic amines is 1. The second kappa shape index (κ2) is 7.71. The van der Waals surface area contributed by atoms with Gasteiger partial charge < -0.3 is 4.74 Å². The highest BCUT2D eigenvalue weighted by Crippen LogP contribution is 2.37. The minimum absolute atomic E-state index is 0.0517. The number of methoxy groups -OCH3 is 1. The van der Waals surface area contributed by atoms with E-state index in [0.29, 0.717) is 34.3 Å². The summed E-state index contributed by atoms with van der Waals surface area (Å²) in [6, 6.07) is 14.9. The van der Waals surface area contributed by atoms with E-state index < -0.39 is 6.17 Å². The fourth-order valence-corrected chi connectivity index (χ4v) is 3.94. The summed E-state index contributed by atoms with van der Waals surface area (Å²) >= 11 is 1.34. The van der Waals surface area contributed by atoms with Crippen molar-refractivity contribution in [2.45, 2.75) is 24.7 Å². The molecule has 7 nitrogen and oxygen atoms in total. The van der Waals surface area contributed by atoms with E-state index in [2.05, 4.69) is 10.1 Å². The fourth-order valence-electron chi connectivity index (χ4n) is 3.58. The van der Waals surface area contributed by atoms with Gasteiger partial charge in [0.1, 0.15) is 5.75 Å². The standard InChI is InChI=1S/C21H20N4O3S/c1-4-17(26)24-16-8-6-5-7-15(16)18-19(27)22-21(29-3)23-25(18)20(24)13-9-11-14(28-2)12-10-13/h5-12,20H,4H2,1-3H3/p+1. The summed E-state index contributed by atoms with van der Waals surface area (Å²) in [4.78, 5) is 30.6. The van der Waals surface area contributed by atoms with Crippen LogP contribution in [0.1, 0.15) is 25.1 Å². The molecule has 1 atom stereocenters. The van der Waals surface area contributed by atoms with Gasteiger partial charge in [-0.3, -0.25) is 14.6 Å². The molecule has 0 fully saturated rings. The number of thioether (sulfide) groups is 1. The summed E-state index contributed by atoms with van der Waals surface area (Å²) in [5.41, 5.74) is 2.40. The lowest BCUT2D eigenvalue weighted by molar-refractivity contribution is -0.763. The molecule has 3 aromatic rings. The molecule has 2 heterocycles. The predicted octanol–water partition coefficient (Wildman–Crippen LogP) is 2.76. The van der Waals surface area contributed by atoms with Gasteiger partial charge in [0.2, 0.25) is 11.1 Å². The van der Waals surface area contributed by atoms with Crippen LogP contribution in [0.5, 0.6) is 5.75 Å². The number of amides is 1. The second-order valence-corrected chi connectivity index (χ2v) is 7.33. The second-order valence-electron chi connectivity index (χ2n) is 6.54. The number of H-pyrrole nitrogens is 1. The smallest absolute Gasteiger partial charge is 0.325 e. The minimum Gasteiger partial charge on any atom is -0.497 e. The zero-order valence-corrected chi connectivity index (χ0v) is 17.2. The zero-order chi connectivity index (χ0) is 20.5. The van der Waals surface area contributed by atoms with Gasteiger partial charge in [0, 0.05) is 17.1 Å². The number of hydrogen-bond donors (Lipinski definition) is 1. The highest BCUT2D eigenvalue weighted by atomic mass is 32.2. The van der Waals surface area contributed by atoms with Crippen LogP contribution in [0, 0.1) is 0 Å². The van der Waals surface area contributed by atoms with E-state index in [4.69, 9.17) is 4.74 Å². The van der Waals surface area contributed by atoms with Crippen LogP contribution in [0.15, 0.2) is 58.5 Å². The molecule has 1 aromatic heterocycles. The Kier molecular flexibility index (Phi) is 5.10. The number of benzene rings is 2. The average Bonchev–Trinajstić information content (AvgIpc) is 2.77. The molecule has 1 N–H and O–H groups in total. The Morgan fingerprint density at radius 2 is 1.97 bits per heavy atom. The van der Waals surface area contributed by atoms with Crippen LogP contribution in [-0.4, -0.2) is 29.4 Å². The molecular weight excluding hydrogens is 388 g/mol. The maximum absolute atomic E-state index is 13.1. The van der Waals surface area contributed by atoms with Gasteiger partial charge in [0.05, 0.1) is 18.4 Å². The first kappa shape index (κ1) is 19.2. The Balaban J connectivity index is 2.05. The normalized spacial score (nSPS) is 14.9. The SMILES string of the molecule is CCC(=O)N1c2ccccc2-c2c(=O)[nH]c(SC)n[n+]2C1c1ccc(OC)cc1. The van der Waals surface area contributed by atoms with Crippen molar-refractivity contribution >= 4 is 23.4 Å². The Hall–Kier alpha value is -3.13. The molecule has 4 rings (SSSR count). The summed E-state index contributed by atoms with van der Waals surface area (Å²) in [5.74, 6) is 0.663. The van der Waals surface area contributed by atoms with Crippen LogP contribution in [0.2, 0.25) is 0 Å². The van der Waals surface area contributed by atoms with E-state index in [0.717, 1.165) is 5.56 Å². The maximum Gasteiger partial charge on any atom is 0.325 e. The molecular formula is C21H21N4O3S+. The van der Waals surface area contributed by atoms with Crippen LogP contribution in [0.3, 0.4) is 0 Å². The number of hydrogen-bond acceptors (Lipinski definition) is 5. The number of nitrogens with one attached hydrogen (secondary N) is 1. The number of para-hydroxylation sites is 1. The third kappa shape index (κ3) is 3.19. The van der Waals surface area contributed by atoms with Crippen LogP contribution in [0.25, 0.3) is 11.3 Å². The molecule has 0 aliphatic carbocycles. The molecule has 1 unspecified atom stereocenters. The van der Waals surface area contributed by atoms with Crippen molar-refractivity contribution in [1.82, 2.24) is 10.1 Å². The third-order valence-corrected chi connectivity index (χ3v) is 5.51. The summed E-state index contributed by atoms with van der Waals surface area (Å²) in [5, 5.41) is 5.14. The molecule has 2 aromatic carbocycles. The lowest BCUT2D eigenvalue weighted by Crippen LogP contribution is -2.60. The minimum atomic E-state index is -0.577. The lowest BCUT2D eigenvalue weighted by atomic mass is 10.0. The summed E-state index contributed by atoms with van der Waals surface area (Å²) in [6.45, 7) is 1.83. The van der Waals surface area contributed by atoms with Gasteiger partial charge >= 0.3 is 11.3 Å². The number of aromatic nitrogens is 3. The largest absolute Gasteiger partial charge is 0.497 e. The topological polar surface area (TPSA) is 79.2 Å². The number of rotatable bonds is 4. The molecule has 0 bridgehead atoms. The molecule has 148 valence electrons. The van der Waals surface area contributed by atoms with E-state index in [1.807, 2.05) is 61.7 Å². The van der Waals surface area contributed by atoms with Crippen molar-refractivity contribution in [2.24, 2.45) is 0 Å². The third-order valence-electron chi connectivity index (χ3n) is 4.94. The van der Waals surface area contributed by atoms with Gasteiger partial charge in [0.25, 0.3) is 6.17 Å². The van der Waals surface area contributed by atoms with Crippen molar-refractivity contribution in [3.63, 3.8) is 0 Å². The predicted molar refractivity (Wildman–Crippen MR) is 111 cm³/mol. The molecule has 1 amide bonds. The van der Waals surface area contributed by atoms with E-state index in [1.165, 1.54) is 11.8 Å². The van der Waals surface area contributed by atoms with E-state index in [1.54, 1.807) is 16.7 Å². The first-order valence-corrected chi connectivity index (χ1v) is 10.5. The molecule has 8 heteroatoms. The maximum atomic E-state index is 13.1. The van der Waals surface area contributed by atoms with Crippen LogP contribution in [-0.2, 0) is 4.79 Å². The van der Waals surface area contributed by atoms with E-state index in [9.17, 15) is 9.59 Å². The number of nitrogens with zero attached hydrogens (tertiary/aromatic N) is 3. The van der Waals surface area contributed by atoms with Crippen LogP contribution < -0.4 is 19.9 Å². The number of ether oxygens (including phenoxy) is 1. The molecule has 29 heavy (non-hydrogen) atoms. The van der Waals surface area contributed by atoms with Crippen molar-refractivity contribution in [1.29, 1.82) is 0 Å². The van der Waals surface area contributed by atoms with Crippen LogP contribution >= 0.6 is 11.8 Å². The van der Waals surface area contributed by atoms with Gasteiger partial charge in [-0.25, -0.2) is 4.90 Å². The van der Waals surface area contributed by atoms with Crippen molar-refractivity contribution in [3.05, 3.63) is 64.4 Å². The molecule has 0 spiro atoms. The van der Waals surface area contributed by atoms with Crippen molar-refractivity contribution < 1.29 is 14.2 Å². The summed E-state index contributed by atoms with van der Waals surface area (Å²) < 4.78 is 6.93. The number of anilines is 1. The Bertz CT molecular complexity index is 1130. The quantitative estimate of drug-likeness (QED) is 0.530. The van der Waals surface area contributed by atoms with Gasteiger partial charge in [-0.05, 0) is 47.3 Å². The van der Waals surface area contributed by atoms with Gasteiger partial charge in [-0.1, -0.05) is 30.8 Å².